The third-order valence-corrected chi connectivity index (χ3v) is 7.32. The van der Waals surface area contributed by atoms with Crippen LogP contribution in [0.2, 0.25) is 0 Å². The van der Waals surface area contributed by atoms with Crippen molar-refractivity contribution in [1.29, 1.82) is 0 Å². The molecule has 3 aliphatic carbocycles. The molecule has 0 aliphatic heterocycles. The largest absolute Gasteiger partial charge is 0.362 e. The van der Waals surface area contributed by atoms with Crippen LogP contribution in [-0.4, -0.2) is 48.2 Å². The lowest BCUT2D eigenvalue weighted by Crippen LogP contribution is -2.45. The van der Waals surface area contributed by atoms with Crippen molar-refractivity contribution in [2.24, 2.45) is 0 Å². The topological polar surface area (TPSA) is 82.2 Å². The lowest BCUT2D eigenvalue weighted by atomic mass is 9.91. The molecule has 0 bridgehead atoms. The number of fused-ring (bicyclic) bond motifs is 1. The minimum atomic E-state index is -0.0246. The van der Waals surface area contributed by atoms with E-state index in [2.05, 4.69) is 59.2 Å². The Morgan fingerprint density at radius 2 is 1.67 bits per heavy atom. The normalized spacial score (nSPS) is 26.1. The number of nitrogens with one attached hydrogen (secondary N) is 3. The van der Waals surface area contributed by atoms with E-state index in [0.717, 1.165) is 56.7 Å². The zero-order valence-electron chi connectivity index (χ0n) is 19.8. The van der Waals surface area contributed by atoms with Crippen molar-refractivity contribution in [3.05, 3.63) is 47.2 Å². The summed E-state index contributed by atoms with van der Waals surface area (Å²) in [6.07, 6.45) is 9.57. The van der Waals surface area contributed by atoms with E-state index in [1.54, 1.807) is 0 Å². The number of carbonyl (C=O) groups is 1. The fourth-order valence-corrected chi connectivity index (χ4v) is 5.39. The van der Waals surface area contributed by atoms with E-state index in [-0.39, 0.29) is 18.1 Å². The molecular formula is C26H36N6O. The molecule has 7 nitrogen and oxygen atoms in total. The zero-order valence-corrected chi connectivity index (χ0v) is 19.8. The van der Waals surface area contributed by atoms with Gasteiger partial charge in [0.25, 0.3) is 0 Å². The molecule has 33 heavy (non-hydrogen) atoms. The standard InChI is InChI=1S/C26H36N6O/c1-32(2)24-20-10-6-7-11-22(20)29-25(31-24)27-18-12-14-19(15-13-18)28-26(33)30-23-16-21(23)17-8-4-3-5-9-17/h3-5,8-9,18-19,21,23H,6-7,10-16H2,1-2H3,(H,27,29,31)(H2,28,30,33)/t18?,19?,21-,23?/m0/s1. The molecule has 0 radical (unpaired) electrons. The van der Waals surface area contributed by atoms with E-state index in [1.807, 2.05) is 6.07 Å². The molecule has 1 aromatic heterocycles. The number of urea groups is 1. The molecule has 2 aromatic rings. The van der Waals surface area contributed by atoms with Gasteiger partial charge in [-0.05, 0) is 63.4 Å². The first-order valence-corrected chi connectivity index (χ1v) is 12.5. The summed E-state index contributed by atoms with van der Waals surface area (Å²) in [7, 11) is 4.12. The molecule has 0 spiro atoms. The van der Waals surface area contributed by atoms with E-state index >= 15 is 0 Å². The Labute approximate surface area is 196 Å². The van der Waals surface area contributed by atoms with Crippen LogP contribution < -0.4 is 20.9 Å². The van der Waals surface area contributed by atoms with E-state index in [0.29, 0.717) is 12.0 Å². The van der Waals surface area contributed by atoms with Gasteiger partial charge in [0.1, 0.15) is 5.82 Å². The number of rotatable bonds is 6. The second-order valence-corrected chi connectivity index (χ2v) is 10.1. The van der Waals surface area contributed by atoms with E-state index in [9.17, 15) is 4.79 Å². The van der Waals surface area contributed by atoms with Gasteiger partial charge in [0.2, 0.25) is 5.95 Å². The maximum atomic E-state index is 12.5. The van der Waals surface area contributed by atoms with Crippen LogP contribution in [0.4, 0.5) is 16.6 Å². The maximum absolute atomic E-state index is 12.5. The molecule has 5 rings (SSSR count). The number of hydrogen-bond acceptors (Lipinski definition) is 5. The summed E-state index contributed by atoms with van der Waals surface area (Å²) >= 11 is 0. The van der Waals surface area contributed by atoms with Crippen LogP contribution in [0.15, 0.2) is 30.3 Å². The number of hydrogen-bond donors (Lipinski definition) is 3. The second kappa shape index (κ2) is 9.57. The lowest BCUT2D eigenvalue weighted by molar-refractivity contribution is 0.231. The Hall–Kier alpha value is -2.83. The lowest BCUT2D eigenvalue weighted by Gasteiger charge is -2.30. The van der Waals surface area contributed by atoms with Gasteiger partial charge in [0, 0.05) is 43.7 Å². The first kappa shape index (κ1) is 22.0. The van der Waals surface area contributed by atoms with Gasteiger partial charge in [-0.1, -0.05) is 30.3 Å². The van der Waals surface area contributed by atoms with Gasteiger partial charge in [-0.15, -0.1) is 0 Å². The highest BCUT2D eigenvalue weighted by Gasteiger charge is 2.39. The van der Waals surface area contributed by atoms with Crippen molar-refractivity contribution in [2.45, 2.75) is 81.8 Å². The third-order valence-electron chi connectivity index (χ3n) is 7.32. The van der Waals surface area contributed by atoms with Crippen molar-refractivity contribution >= 4 is 17.8 Å². The number of carbonyl (C=O) groups excluding carboxylic acids is 1. The fraction of sp³-hybridized carbons (Fsp3) is 0.577. The monoisotopic (exact) mass is 448 g/mol. The van der Waals surface area contributed by atoms with Crippen LogP contribution in [0.3, 0.4) is 0 Å². The SMILES string of the molecule is CN(C)c1nc(NC2CCC(NC(=O)NC3C[C@H]3c3ccccc3)CC2)nc2c1CCCC2. The predicted octanol–water partition coefficient (Wildman–Crippen LogP) is 4.00. The van der Waals surface area contributed by atoms with Crippen molar-refractivity contribution in [2.75, 3.05) is 24.3 Å². The summed E-state index contributed by atoms with van der Waals surface area (Å²) in [6, 6.07) is 11.3. The summed E-state index contributed by atoms with van der Waals surface area (Å²) in [5.41, 5.74) is 3.85. The molecule has 2 atom stereocenters. The summed E-state index contributed by atoms with van der Waals surface area (Å²) in [4.78, 5) is 24.3. The molecule has 3 N–H and O–H groups in total. The molecule has 2 amide bonds. The molecular weight excluding hydrogens is 412 g/mol. The molecule has 1 heterocycles. The number of benzene rings is 1. The minimum absolute atomic E-state index is 0.0246. The first-order chi connectivity index (χ1) is 16.1. The van der Waals surface area contributed by atoms with Crippen LogP contribution >= 0.6 is 0 Å². The zero-order chi connectivity index (χ0) is 22.8. The van der Waals surface area contributed by atoms with Crippen molar-refractivity contribution in [3.63, 3.8) is 0 Å². The van der Waals surface area contributed by atoms with Gasteiger partial charge in [0.05, 0.1) is 5.69 Å². The Kier molecular flexibility index (Phi) is 6.38. The first-order valence-electron chi connectivity index (χ1n) is 12.5. The summed E-state index contributed by atoms with van der Waals surface area (Å²) in [5.74, 6) is 2.28. The summed E-state index contributed by atoms with van der Waals surface area (Å²) < 4.78 is 0. The van der Waals surface area contributed by atoms with Crippen molar-refractivity contribution in [1.82, 2.24) is 20.6 Å². The van der Waals surface area contributed by atoms with Gasteiger partial charge in [-0.25, -0.2) is 9.78 Å². The molecule has 1 aromatic carbocycles. The Morgan fingerprint density at radius 3 is 2.42 bits per heavy atom. The van der Waals surface area contributed by atoms with E-state index in [1.165, 1.54) is 29.7 Å². The number of aryl methyl sites for hydroxylation is 1. The highest BCUT2D eigenvalue weighted by atomic mass is 16.2. The van der Waals surface area contributed by atoms with Gasteiger partial charge < -0.3 is 20.9 Å². The van der Waals surface area contributed by atoms with Gasteiger partial charge in [0.15, 0.2) is 0 Å². The Bertz CT molecular complexity index is 970. The Balaban J connectivity index is 1.09. The predicted molar refractivity (Wildman–Crippen MR) is 132 cm³/mol. The fourth-order valence-electron chi connectivity index (χ4n) is 5.39. The number of nitrogens with zero attached hydrogens (tertiary/aromatic N) is 3. The van der Waals surface area contributed by atoms with Gasteiger partial charge in [-0.2, -0.15) is 4.98 Å². The number of anilines is 2. The van der Waals surface area contributed by atoms with Crippen LogP contribution in [0.5, 0.6) is 0 Å². The van der Waals surface area contributed by atoms with Crippen LogP contribution in [-0.2, 0) is 12.8 Å². The van der Waals surface area contributed by atoms with E-state index in [4.69, 9.17) is 9.97 Å². The molecule has 1 unspecified atom stereocenters. The molecule has 7 heteroatoms. The number of aromatic nitrogens is 2. The molecule has 176 valence electrons. The van der Waals surface area contributed by atoms with Crippen molar-refractivity contribution in [3.8, 4) is 0 Å². The summed E-state index contributed by atoms with van der Waals surface area (Å²) in [5, 5.41) is 9.94. The molecule has 2 fully saturated rings. The average Bonchev–Trinajstić information content (AvgIpc) is 3.59. The summed E-state index contributed by atoms with van der Waals surface area (Å²) in [6.45, 7) is 0. The number of amides is 2. The molecule has 0 saturated heterocycles. The molecule has 3 aliphatic rings. The van der Waals surface area contributed by atoms with E-state index < -0.39 is 0 Å². The quantitative estimate of drug-likeness (QED) is 0.622. The smallest absolute Gasteiger partial charge is 0.315 e. The minimum Gasteiger partial charge on any atom is -0.362 e. The Morgan fingerprint density at radius 1 is 0.939 bits per heavy atom. The highest BCUT2D eigenvalue weighted by Crippen LogP contribution is 2.40. The highest BCUT2D eigenvalue weighted by molar-refractivity contribution is 5.75. The van der Waals surface area contributed by atoms with Crippen molar-refractivity contribution < 1.29 is 4.79 Å². The van der Waals surface area contributed by atoms with Crippen LogP contribution in [0.1, 0.15) is 67.7 Å². The maximum Gasteiger partial charge on any atom is 0.315 e. The van der Waals surface area contributed by atoms with Gasteiger partial charge in [-0.3, -0.25) is 0 Å². The van der Waals surface area contributed by atoms with Crippen LogP contribution in [0.25, 0.3) is 0 Å². The second-order valence-electron chi connectivity index (χ2n) is 10.1. The molecule has 2 saturated carbocycles. The van der Waals surface area contributed by atoms with Crippen LogP contribution in [0, 0.1) is 0 Å². The average molecular weight is 449 g/mol. The van der Waals surface area contributed by atoms with Gasteiger partial charge >= 0.3 is 6.03 Å². The third kappa shape index (κ3) is 5.23.